The first kappa shape index (κ1) is 18.2. The fraction of sp³-hybridized carbons (Fsp3) is 0.227. The normalized spacial score (nSPS) is 22.0. The molecule has 2 atom stereocenters. The van der Waals surface area contributed by atoms with E-state index in [1.165, 1.54) is 0 Å². The highest BCUT2D eigenvalue weighted by atomic mass is 15.3. The van der Waals surface area contributed by atoms with Crippen LogP contribution in [0.4, 0.5) is 0 Å². The molecule has 0 aliphatic carbocycles. The van der Waals surface area contributed by atoms with Gasteiger partial charge in [-0.2, -0.15) is 10.5 Å². The lowest BCUT2D eigenvalue weighted by Crippen LogP contribution is -2.58. The van der Waals surface area contributed by atoms with Crippen molar-refractivity contribution in [2.75, 3.05) is 7.05 Å². The van der Waals surface area contributed by atoms with Gasteiger partial charge < -0.3 is 10.2 Å². The molecule has 1 heterocycles. The Labute approximate surface area is 159 Å². The molecular formula is C22H21N5. The molecule has 0 saturated carbocycles. The van der Waals surface area contributed by atoms with Crippen molar-refractivity contribution in [2.45, 2.75) is 25.3 Å². The summed E-state index contributed by atoms with van der Waals surface area (Å²) < 4.78 is 0. The minimum Gasteiger partial charge on any atom is -0.346 e. The zero-order valence-corrected chi connectivity index (χ0v) is 15.7. The van der Waals surface area contributed by atoms with Gasteiger partial charge in [-0.1, -0.05) is 30.8 Å². The highest BCUT2D eigenvalue weighted by Crippen LogP contribution is 2.45. The van der Waals surface area contributed by atoms with Crippen LogP contribution >= 0.6 is 0 Å². The minimum absolute atomic E-state index is 0.169. The predicted octanol–water partition coefficient (Wildman–Crippen LogP) is 3.72. The molecule has 5 heteroatoms. The summed E-state index contributed by atoms with van der Waals surface area (Å²) in [5.41, 5.74) is 4.16. The van der Waals surface area contributed by atoms with E-state index in [0.717, 1.165) is 22.4 Å². The second kappa shape index (κ2) is 6.63. The highest BCUT2D eigenvalue weighted by Gasteiger charge is 2.45. The summed E-state index contributed by atoms with van der Waals surface area (Å²) in [4.78, 5) is 1.73. The van der Waals surface area contributed by atoms with Crippen molar-refractivity contribution in [3.63, 3.8) is 0 Å². The van der Waals surface area contributed by atoms with Crippen LogP contribution in [0.2, 0.25) is 0 Å². The lowest BCUT2D eigenvalue weighted by molar-refractivity contribution is 0.292. The van der Waals surface area contributed by atoms with Gasteiger partial charge in [0.2, 0.25) is 0 Å². The molecule has 27 heavy (non-hydrogen) atoms. The van der Waals surface area contributed by atoms with Crippen molar-refractivity contribution in [2.24, 2.45) is 0 Å². The molecule has 0 spiro atoms. The van der Waals surface area contributed by atoms with Gasteiger partial charge >= 0.3 is 0 Å². The summed E-state index contributed by atoms with van der Waals surface area (Å²) in [6.45, 7) is 8.19. The molecule has 2 N–H and O–H groups in total. The van der Waals surface area contributed by atoms with Gasteiger partial charge in [0, 0.05) is 12.7 Å². The largest absolute Gasteiger partial charge is 0.346 e. The zero-order valence-electron chi connectivity index (χ0n) is 15.7. The Morgan fingerprint density at radius 3 is 2.56 bits per heavy atom. The van der Waals surface area contributed by atoms with Crippen LogP contribution in [-0.4, -0.2) is 17.9 Å². The summed E-state index contributed by atoms with van der Waals surface area (Å²) in [7, 11) is 1.81. The lowest BCUT2D eigenvalue weighted by atomic mass is 9.72. The fourth-order valence-electron chi connectivity index (χ4n) is 3.74. The molecule has 2 aromatic rings. The second-order valence-corrected chi connectivity index (χ2v) is 7.04. The fourth-order valence-corrected chi connectivity index (χ4v) is 3.74. The van der Waals surface area contributed by atoms with E-state index in [9.17, 15) is 10.5 Å². The summed E-state index contributed by atoms with van der Waals surface area (Å²) >= 11 is 0. The molecule has 2 aromatic carbocycles. The van der Waals surface area contributed by atoms with Crippen LogP contribution in [0.25, 0.3) is 0 Å². The number of aryl methyl sites for hydroxylation is 1. The molecule has 0 unspecified atom stereocenters. The molecule has 134 valence electrons. The molecule has 1 fully saturated rings. The van der Waals surface area contributed by atoms with Gasteiger partial charge in [-0.05, 0) is 48.7 Å². The molecule has 1 aliphatic rings. The summed E-state index contributed by atoms with van der Waals surface area (Å²) in [6, 6.07) is 17.6. The smallest absolute Gasteiger partial charge is 0.195 e. The molecule has 0 radical (unpaired) electrons. The summed E-state index contributed by atoms with van der Waals surface area (Å²) in [6.07, 6.45) is 0. The van der Waals surface area contributed by atoms with Crippen molar-refractivity contribution in [3.05, 3.63) is 82.6 Å². The van der Waals surface area contributed by atoms with Gasteiger partial charge in [-0.25, -0.2) is 0 Å². The molecular weight excluding hydrogens is 334 g/mol. The molecule has 1 aliphatic heterocycles. The number of hydrogen-bond acceptors (Lipinski definition) is 3. The minimum atomic E-state index is -0.659. The zero-order chi connectivity index (χ0) is 19.8. The van der Waals surface area contributed by atoms with E-state index in [4.69, 9.17) is 5.41 Å². The predicted molar refractivity (Wildman–Crippen MR) is 105 cm³/mol. The third-order valence-corrected chi connectivity index (χ3v) is 5.35. The number of guanidine groups is 1. The number of likely N-dealkylation sites (N-methyl/N-ethyl adjacent to an activating group) is 1. The topological polar surface area (TPSA) is 86.7 Å². The van der Waals surface area contributed by atoms with Crippen LogP contribution in [0, 0.1) is 35.0 Å². The monoisotopic (exact) mass is 355 g/mol. The van der Waals surface area contributed by atoms with Crippen LogP contribution in [-0.2, 0) is 5.54 Å². The van der Waals surface area contributed by atoms with Gasteiger partial charge in [-0.3, -0.25) is 5.41 Å². The van der Waals surface area contributed by atoms with Crippen LogP contribution in [0.5, 0.6) is 0 Å². The van der Waals surface area contributed by atoms with E-state index < -0.39 is 5.54 Å². The molecule has 0 amide bonds. The van der Waals surface area contributed by atoms with E-state index in [1.807, 2.05) is 57.3 Å². The molecule has 5 nitrogen and oxygen atoms in total. The van der Waals surface area contributed by atoms with E-state index >= 15 is 0 Å². The van der Waals surface area contributed by atoms with Crippen molar-refractivity contribution in [1.82, 2.24) is 10.2 Å². The van der Waals surface area contributed by atoms with Crippen molar-refractivity contribution in [3.8, 4) is 12.1 Å². The standard InChI is InChI=1S/C22H21N5/c1-14-10-17(8-9-18(14)13-24)20-15(2)27(4)21(25)26-22(20,3)19-7-5-6-16(11-19)12-23/h5-11,20H,2H2,1,3-4H3,(H2,25,26)/t20-,22+/m0/s1. The summed E-state index contributed by atoms with van der Waals surface area (Å²) in [5, 5.41) is 30.2. The SMILES string of the molecule is C=C1[C@@H](c2ccc(C#N)c(C)c2)[C@@](C)(c2cccc(C#N)c2)NC(=N)N1C. The number of hydrogen-bond donors (Lipinski definition) is 2. The molecule has 0 bridgehead atoms. The average molecular weight is 355 g/mol. The van der Waals surface area contributed by atoms with E-state index in [-0.39, 0.29) is 11.9 Å². The number of nitriles is 2. The number of nitrogens with zero attached hydrogens (tertiary/aromatic N) is 3. The van der Waals surface area contributed by atoms with Crippen LogP contribution < -0.4 is 5.32 Å². The van der Waals surface area contributed by atoms with Gasteiger partial charge in [-0.15, -0.1) is 0 Å². The van der Waals surface area contributed by atoms with Crippen molar-refractivity contribution in [1.29, 1.82) is 15.9 Å². The van der Waals surface area contributed by atoms with E-state index in [2.05, 4.69) is 24.0 Å². The van der Waals surface area contributed by atoms with Gasteiger partial charge in [0.1, 0.15) is 0 Å². The van der Waals surface area contributed by atoms with Gasteiger partial charge in [0.25, 0.3) is 0 Å². The van der Waals surface area contributed by atoms with Crippen LogP contribution in [0.3, 0.4) is 0 Å². The Morgan fingerprint density at radius 2 is 1.93 bits per heavy atom. The first-order chi connectivity index (χ1) is 12.8. The third-order valence-electron chi connectivity index (χ3n) is 5.35. The second-order valence-electron chi connectivity index (χ2n) is 7.04. The first-order valence-corrected chi connectivity index (χ1v) is 8.62. The summed E-state index contributed by atoms with van der Waals surface area (Å²) in [5.74, 6) is 0.0865. The van der Waals surface area contributed by atoms with E-state index in [0.29, 0.717) is 11.1 Å². The van der Waals surface area contributed by atoms with Crippen molar-refractivity contribution < 1.29 is 0 Å². The Bertz CT molecular complexity index is 1020. The first-order valence-electron chi connectivity index (χ1n) is 8.62. The maximum atomic E-state index is 9.30. The van der Waals surface area contributed by atoms with E-state index in [1.54, 1.807) is 11.0 Å². The molecule has 0 aromatic heterocycles. The van der Waals surface area contributed by atoms with Crippen molar-refractivity contribution >= 4 is 5.96 Å². The lowest BCUT2D eigenvalue weighted by Gasteiger charge is -2.48. The Balaban J connectivity index is 2.21. The highest BCUT2D eigenvalue weighted by molar-refractivity contribution is 5.82. The Hall–Kier alpha value is -3.57. The van der Waals surface area contributed by atoms with Crippen LogP contribution in [0.1, 0.15) is 40.7 Å². The van der Waals surface area contributed by atoms with Gasteiger partial charge in [0.05, 0.1) is 34.7 Å². The third kappa shape index (κ3) is 2.94. The number of nitrogens with one attached hydrogen (secondary N) is 2. The molecule has 1 saturated heterocycles. The van der Waals surface area contributed by atoms with Gasteiger partial charge in [0.15, 0.2) is 5.96 Å². The maximum absolute atomic E-state index is 9.30. The number of benzene rings is 2. The average Bonchev–Trinajstić information content (AvgIpc) is 2.66. The number of rotatable bonds is 2. The molecule has 3 rings (SSSR count). The van der Waals surface area contributed by atoms with Crippen LogP contribution in [0.15, 0.2) is 54.7 Å². The Kier molecular flexibility index (Phi) is 4.47. The maximum Gasteiger partial charge on any atom is 0.195 e. The quantitative estimate of drug-likeness (QED) is 0.859. The Morgan fingerprint density at radius 1 is 1.19 bits per heavy atom.